The fourth-order valence-corrected chi connectivity index (χ4v) is 1.35. The van der Waals surface area contributed by atoms with E-state index in [0.29, 0.717) is 26.2 Å². The van der Waals surface area contributed by atoms with Gasteiger partial charge >= 0.3 is 0 Å². The smallest absolute Gasteiger partial charge is 0.221 e. The lowest BCUT2D eigenvalue weighted by Crippen LogP contribution is -2.37. The molecule has 0 spiro atoms. The number of amides is 2. The molecule has 0 rings (SSSR count). The molecule has 0 aromatic heterocycles. The molecule has 0 aliphatic rings. The number of rotatable bonds is 10. The van der Waals surface area contributed by atoms with Gasteiger partial charge in [0.25, 0.3) is 0 Å². The highest BCUT2D eigenvalue weighted by Crippen LogP contribution is 1.95. The predicted molar refractivity (Wildman–Crippen MR) is 70.6 cm³/mol. The van der Waals surface area contributed by atoms with E-state index < -0.39 is 6.04 Å². The highest BCUT2D eigenvalue weighted by atomic mass is 16.2. The summed E-state index contributed by atoms with van der Waals surface area (Å²) in [5.74, 6) is -0.295. The molecule has 0 atom stereocenters. The van der Waals surface area contributed by atoms with Crippen LogP contribution in [0.3, 0.4) is 0 Å². The lowest BCUT2D eigenvalue weighted by molar-refractivity contribution is -0.122. The number of nitrogens with two attached hydrogens (primary N) is 3. The van der Waals surface area contributed by atoms with Crippen LogP contribution in [-0.2, 0) is 9.59 Å². The van der Waals surface area contributed by atoms with Gasteiger partial charge in [0, 0.05) is 32.0 Å². The quantitative estimate of drug-likeness (QED) is 0.290. The Morgan fingerprint density at radius 2 is 1.28 bits per heavy atom. The zero-order valence-corrected chi connectivity index (χ0v) is 10.8. The second kappa shape index (κ2) is 10.9. The Morgan fingerprint density at radius 3 is 1.61 bits per heavy atom. The Hall–Kier alpha value is -1.18. The van der Waals surface area contributed by atoms with Gasteiger partial charge in [-0.1, -0.05) is 0 Å². The monoisotopic (exact) mass is 259 g/mol. The molecule has 0 aromatic carbocycles. The van der Waals surface area contributed by atoms with Crippen molar-refractivity contribution >= 4 is 11.8 Å². The van der Waals surface area contributed by atoms with Gasteiger partial charge in [-0.15, -0.1) is 0 Å². The summed E-state index contributed by atoms with van der Waals surface area (Å²) in [4.78, 5) is 22.8. The molecule has 0 fully saturated rings. The fourth-order valence-electron chi connectivity index (χ4n) is 1.35. The predicted octanol–water partition coefficient (Wildman–Crippen LogP) is -1.98. The van der Waals surface area contributed by atoms with Gasteiger partial charge in [0.1, 0.15) is 0 Å². The average molecular weight is 259 g/mol. The van der Waals surface area contributed by atoms with Crippen molar-refractivity contribution in [3.05, 3.63) is 0 Å². The van der Waals surface area contributed by atoms with Crippen LogP contribution in [0.15, 0.2) is 0 Å². The fraction of sp³-hybridized carbons (Fsp3) is 0.818. The molecule has 106 valence electrons. The Balaban J connectivity index is 3.64. The summed E-state index contributed by atoms with van der Waals surface area (Å²) in [6, 6.07) is -0.458. The van der Waals surface area contributed by atoms with E-state index >= 15 is 0 Å². The van der Waals surface area contributed by atoms with Crippen LogP contribution < -0.4 is 27.8 Å². The highest BCUT2D eigenvalue weighted by Gasteiger charge is 2.12. The van der Waals surface area contributed by atoms with E-state index in [1.165, 1.54) is 0 Å². The summed E-state index contributed by atoms with van der Waals surface area (Å²) in [6.07, 6.45) is 1.77. The maximum atomic E-state index is 11.4. The topological polar surface area (TPSA) is 136 Å². The first kappa shape index (κ1) is 16.8. The Morgan fingerprint density at radius 1 is 0.889 bits per heavy atom. The third-order valence-corrected chi connectivity index (χ3v) is 2.30. The maximum Gasteiger partial charge on any atom is 0.221 e. The Bertz CT molecular complexity index is 224. The third-order valence-electron chi connectivity index (χ3n) is 2.30. The van der Waals surface area contributed by atoms with E-state index in [4.69, 9.17) is 17.2 Å². The van der Waals surface area contributed by atoms with Crippen LogP contribution in [0.4, 0.5) is 0 Å². The van der Waals surface area contributed by atoms with E-state index in [-0.39, 0.29) is 24.7 Å². The molecular weight excluding hydrogens is 234 g/mol. The van der Waals surface area contributed by atoms with E-state index in [9.17, 15) is 9.59 Å². The minimum absolute atomic E-state index is 0.147. The van der Waals surface area contributed by atoms with Crippen LogP contribution in [0, 0.1) is 0 Å². The second-order valence-electron chi connectivity index (χ2n) is 4.15. The van der Waals surface area contributed by atoms with Gasteiger partial charge in [0.2, 0.25) is 11.8 Å². The molecule has 0 bridgehead atoms. The molecule has 0 aliphatic heterocycles. The lowest BCUT2D eigenvalue weighted by Gasteiger charge is -2.11. The van der Waals surface area contributed by atoms with E-state index in [1.807, 2.05) is 0 Å². The van der Waals surface area contributed by atoms with Gasteiger partial charge in [0.05, 0.1) is 0 Å². The zero-order chi connectivity index (χ0) is 13.8. The third kappa shape index (κ3) is 10.0. The lowest BCUT2D eigenvalue weighted by atomic mass is 10.1. The molecule has 0 aromatic rings. The maximum absolute atomic E-state index is 11.4. The molecule has 0 saturated carbocycles. The van der Waals surface area contributed by atoms with Gasteiger partial charge in [-0.05, 0) is 25.9 Å². The van der Waals surface area contributed by atoms with E-state index in [2.05, 4.69) is 10.6 Å². The second-order valence-corrected chi connectivity index (χ2v) is 4.15. The molecule has 7 nitrogen and oxygen atoms in total. The minimum Gasteiger partial charge on any atom is -0.356 e. The Labute approximate surface area is 108 Å². The van der Waals surface area contributed by atoms with Gasteiger partial charge in [-0.25, -0.2) is 0 Å². The largest absolute Gasteiger partial charge is 0.356 e. The number of carbonyl (C=O) groups is 2. The van der Waals surface area contributed by atoms with Crippen molar-refractivity contribution in [2.24, 2.45) is 17.2 Å². The zero-order valence-electron chi connectivity index (χ0n) is 10.8. The van der Waals surface area contributed by atoms with E-state index in [1.54, 1.807) is 0 Å². The highest BCUT2D eigenvalue weighted by molar-refractivity contribution is 5.80. The van der Waals surface area contributed by atoms with Crippen LogP contribution in [0.5, 0.6) is 0 Å². The summed E-state index contributed by atoms with van der Waals surface area (Å²) < 4.78 is 0. The standard InChI is InChI=1S/C11H25N5O2/c12-3-1-5-15-10(17)7-9(14)8-11(18)16-6-2-4-13/h9H,1-8,12-14H2,(H,15,17)(H,16,18). The van der Waals surface area contributed by atoms with Crippen molar-refractivity contribution in [3.8, 4) is 0 Å². The molecule has 0 radical (unpaired) electrons. The Kier molecular flexibility index (Phi) is 10.2. The molecule has 18 heavy (non-hydrogen) atoms. The van der Waals surface area contributed by atoms with Crippen LogP contribution in [-0.4, -0.2) is 44.0 Å². The average Bonchev–Trinajstić information content (AvgIpc) is 2.29. The molecule has 0 unspecified atom stereocenters. The van der Waals surface area contributed by atoms with Gasteiger partial charge in [0.15, 0.2) is 0 Å². The molecule has 8 N–H and O–H groups in total. The molecule has 0 heterocycles. The summed E-state index contributed by atoms with van der Waals surface area (Å²) >= 11 is 0. The van der Waals surface area contributed by atoms with Gasteiger partial charge < -0.3 is 27.8 Å². The van der Waals surface area contributed by atoms with E-state index in [0.717, 1.165) is 12.8 Å². The van der Waals surface area contributed by atoms with Crippen molar-refractivity contribution in [2.75, 3.05) is 26.2 Å². The first-order valence-corrected chi connectivity index (χ1v) is 6.29. The van der Waals surface area contributed by atoms with Crippen LogP contribution >= 0.6 is 0 Å². The summed E-state index contributed by atoms with van der Waals surface area (Å²) in [5.41, 5.74) is 16.3. The number of carbonyl (C=O) groups excluding carboxylic acids is 2. The summed E-state index contributed by atoms with van der Waals surface area (Å²) in [6.45, 7) is 2.17. The van der Waals surface area contributed by atoms with Crippen LogP contribution in [0.2, 0.25) is 0 Å². The van der Waals surface area contributed by atoms with Gasteiger partial charge in [-0.2, -0.15) is 0 Å². The minimum atomic E-state index is -0.458. The number of nitrogens with one attached hydrogen (secondary N) is 2. The van der Waals surface area contributed by atoms with Crippen LogP contribution in [0.25, 0.3) is 0 Å². The van der Waals surface area contributed by atoms with Crippen molar-refractivity contribution in [3.63, 3.8) is 0 Å². The van der Waals surface area contributed by atoms with Crippen molar-refractivity contribution < 1.29 is 9.59 Å². The first-order valence-electron chi connectivity index (χ1n) is 6.29. The van der Waals surface area contributed by atoms with Crippen LogP contribution in [0.1, 0.15) is 25.7 Å². The molecule has 2 amide bonds. The van der Waals surface area contributed by atoms with Gasteiger partial charge in [-0.3, -0.25) is 9.59 Å². The number of hydrogen-bond donors (Lipinski definition) is 5. The van der Waals surface area contributed by atoms with Crippen molar-refractivity contribution in [2.45, 2.75) is 31.7 Å². The molecule has 0 aliphatic carbocycles. The SMILES string of the molecule is NCCCNC(=O)CC(N)CC(=O)NCCCN. The first-order chi connectivity index (χ1) is 8.60. The number of hydrogen-bond acceptors (Lipinski definition) is 5. The van der Waals surface area contributed by atoms with Crippen molar-refractivity contribution in [1.82, 2.24) is 10.6 Å². The molecule has 0 saturated heterocycles. The molecule has 7 heteroatoms. The molecular formula is C11H25N5O2. The normalized spacial score (nSPS) is 10.4. The van der Waals surface area contributed by atoms with Crippen molar-refractivity contribution in [1.29, 1.82) is 0 Å². The summed E-state index contributed by atoms with van der Waals surface area (Å²) in [5, 5.41) is 5.39. The summed E-state index contributed by atoms with van der Waals surface area (Å²) in [7, 11) is 0.